The highest BCUT2D eigenvalue weighted by atomic mass is 16.1. The Hall–Kier alpha value is -8.13. The van der Waals surface area contributed by atoms with Crippen molar-refractivity contribution >= 4 is 5.78 Å². The molecule has 0 aliphatic heterocycles. The molecule has 0 unspecified atom stereocenters. The molecule has 0 aliphatic carbocycles. The first-order valence-electron chi connectivity index (χ1n) is 25.3. The van der Waals surface area contributed by atoms with Gasteiger partial charge in [0.25, 0.3) is 0 Å². The minimum absolute atomic E-state index is 0.167. The van der Waals surface area contributed by atoms with E-state index in [1.807, 2.05) is 182 Å². The average Bonchev–Trinajstić information content (AvgIpc) is 3.40. The van der Waals surface area contributed by atoms with Gasteiger partial charge in [0.2, 0.25) is 0 Å². The van der Waals surface area contributed by atoms with Gasteiger partial charge in [-0.15, -0.1) is 0 Å². The summed E-state index contributed by atoms with van der Waals surface area (Å²) in [6.07, 6.45) is 0. The number of hydrogen-bond donors (Lipinski definition) is 0. The topological polar surface area (TPSA) is 17.1 Å². The van der Waals surface area contributed by atoms with Crippen LogP contribution in [0.1, 0.15) is 69.5 Å². The highest BCUT2D eigenvalue weighted by molar-refractivity contribution is 5.72. The van der Waals surface area contributed by atoms with Crippen molar-refractivity contribution in [2.75, 3.05) is 0 Å². The molecule has 0 heterocycles. The Kier molecular flexibility index (Phi) is 42.0. The minimum atomic E-state index is 0.167. The molecule has 0 aliphatic rings. The van der Waals surface area contributed by atoms with Crippen LogP contribution in [0.4, 0.5) is 0 Å². The van der Waals surface area contributed by atoms with Gasteiger partial charge in [-0.3, -0.25) is 0 Å². The maximum atomic E-state index is 9.44. The summed E-state index contributed by atoms with van der Waals surface area (Å²) in [4.78, 5) is 9.44. The third-order valence-corrected chi connectivity index (χ3v) is 9.40. The molecule has 74 heavy (non-hydrogen) atoms. The van der Waals surface area contributed by atoms with Crippen LogP contribution in [0.15, 0.2) is 303 Å². The normalized spacial score (nSPS) is 8.59. The van der Waals surface area contributed by atoms with Crippen molar-refractivity contribution in [1.82, 2.24) is 0 Å². The molecule has 0 saturated carbocycles. The highest BCUT2D eigenvalue weighted by Crippen LogP contribution is 1.98. The minimum Gasteiger partial charge on any atom is -0.300 e. The quantitative estimate of drug-likeness (QED) is 0.148. The number of hydrogen-bond acceptors (Lipinski definition) is 1. The monoisotopic (exact) mass is 979 g/mol. The fourth-order valence-corrected chi connectivity index (χ4v) is 5.34. The predicted octanol–water partition coefficient (Wildman–Crippen LogP) is 20.5. The largest absolute Gasteiger partial charge is 0.300 e. The maximum absolute atomic E-state index is 9.44. The SMILES string of the molecule is CC(C)=O.Cc1ccccc1.Cc1ccccc1.Cc1ccccc1.Cc1ccccc1.Cc1ccccc1.Cc1ccccc1.Cc1ccccc1.Cc1ccccc1.Cc1ccccc1.Cc1ccccc1. The van der Waals surface area contributed by atoms with Crippen LogP contribution < -0.4 is 0 Å². The highest BCUT2D eigenvalue weighted by Gasteiger charge is 1.78. The van der Waals surface area contributed by atoms with Gasteiger partial charge in [0, 0.05) is 0 Å². The lowest BCUT2D eigenvalue weighted by atomic mass is 10.2. The molecule has 0 atom stereocenters. The Labute approximate surface area is 450 Å². The first kappa shape index (κ1) is 65.9. The van der Waals surface area contributed by atoms with E-state index in [9.17, 15) is 4.79 Å². The van der Waals surface area contributed by atoms with Gasteiger partial charge in [0.05, 0.1) is 0 Å². The van der Waals surface area contributed by atoms with Gasteiger partial charge in [-0.25, -0.2) is 0 Å². The van der Waals surface area contributed by atoms with Gasteiger partial charge in [-0.1, -0.05) is 359 Å². The molecule has 10 aromatic rings. The average molecular weight is 979 g/mol. The lowest BCUT2D eigenvalue weighted by Gasteiger charge is -1.82. The molecule has 384 valence electrons. The number of benzene rings is 10. The molecule has 1 nitrogen and oxygen atoms in total. The van der Waals surface area contributed by atoms with Crippen LogP contribution in [0.3, 0.4) is 0 Å². The number of rotatable bonds is 0. The summed E-state index contributed by atoms with van der Waals surface area (Å²) in [7, 11) is 0. The zero-order chi connectivity index (χ0) is 54.7. The van der Waals surface area contributed by atoms with E-state index in [0.717, 1.165) is 0 Å². The second kappa shape index (κ2) is 47.2. The van der Waals surface area contributed by atoms with E-state index in [4.69, 9.17) is 0 Å². The molecule has 0 amide bonds. The van der Waals surface area contributed by atoms with Gasteiger partial charge in [-0.2, -0.15) is 0 Å². The van der Waals surface area contributed by atoms with Crippen molar-refractivity contribution < 1.29 is 4.79 Å². The summed E-state index contributed by atoms with van der Waals surface area (Å²) in [5, 5.41) is 0. The molecule has 1 heteroatoms. The van der Waals surface area contributed by atoms with Crippen molar-refractivity contribution in [1.29, 1.82) is 0 Å². The number of Topliss-reactive ketones (excluding diaryl/α,β-unsaturated/α-hetero) is 1. The van der Waals surface area contributed by atoms with Crippen molar-refractivity contribution in [3.05, 3.63) is 359 Å². The lowest BCUT2D eigenvalue weighted by Crippen LogP contribution is -1.69. The molecule has 0 radical (unpaired) electrons. The zero-order valence-corrected chi connectivity index (χ0v) is 46.8. The van der Waals surface area contributed by atoms with Crippen LogP contribution in [0, 0.1) is 69.2 Å². The van der Waals surface area contributed by atoms with E-state index < -0.39 is 0 Å². The third kappa shape index (κ3) is 48.9. The molecular formula is C73H86O. The van der Waals surface area contributed by atoms with E-state index in [1.165, 1.54) is 69.5 Å². The Morgan fingerprint density at radius 2 is 0.216 bits per heavy atom. The Bertz CT molecular complexity index is 2030. The van der Waals surface area contributed by atoms with Crippen LogP contribution >= 0.6 is 0 Å². The van der Waals surface area contributed by atoms with Crippen LogP contribution in [-0.4, -0.2) is 5.78 Å². The van der Waals surface area contributed by atoms with Crippen LogP contribution in [0.5, 0.6) is 0 Å². The second-order valence-electron chi connectivity index (χ2n) is 17.5. The predicted molar refractivity (Wildman–Crippen MR) is 328 cm³/mol. The van der Waals surface area contributed by atoms with Gasteiger partial charge in [0.1, 0.15) is 5.78 Å². The molecule has 0 bridgehead atoms. The van der Waals surface area contributed by atoms with Gasteiger partial charge in [-0.05, 0) is 83.1 Å². The van der Waals surface area contributed by atoms with Crippen molar-refractivity contribution in [2.24, 2.45) is 0 Å². The standard InChI is InChI=1S/10C7H8.C3H6O/c10*1-7-5-3-2-4-6-7;1-3(2)4/h10*2-6H,1H3;1-2H3. The Morgan fingerprint density at radius 1 is 0.162 bits per heavy atom. The molecule has 10 aromatic carbocycles. The Morgan fingerprint density at radius 3 is 0.243 bits per heavy atom. The van der Waals surface area contributed by atoms with Crippen LogP contribution in [-0.2, 0) is 4.79 Å². The Balaban J connectivity index is 0.000000794. The van der Waals surface area contributed by atoms with Gasteiger partial charge < -0.3 is 4.79 Å². The van der Waals surface area contributed by atoms with E-state index >= 15 is 0 Å². The molecule has 0 aromatic heterocycles. The lowest BCUT2D eigenvalue weighted by molar-refractivity contribution is -0.115. The molecule has 0 saturated heterocycles. The number of carbonyl (C=O) groups is 1. The van der Waals surface area contributed by atoms with E-state index in [-0.39, 0.29) is 5.78 Å². The van der Waals surface area contributed by atoms with E-state index in [1.54, 1.807) is 0 Å². The first-order valence-corrected chi connectivity index (χ1v) is 25.3. The molecule has 10 rings (SSSR count). The number of aryl methyl sites for hydroxylation is 10. The third-order valence-electron chi connectivity index (χ3n) is 9.40. The summed E-state index contributed by atoms with van der Waals surface area (Å²) in [6, 6.07) is 103. The number of carbonyl (C=O) groups excluding carboxylic acids is 1. The van der Waals surface area contributed by atoms with Crippen LogP contribution in [0.25, 0.3) is 0 Å². The van der Waals surface area contributed by atoms with Gasteiger partial charge in [0.15, 0.2) is 0 Å². The molecule has 0 N–H and O–H groups in total. The smallest absolute Gasteiger partial charge is 0.126 e. The molecule has 0 spiro atoms. The molecular weight excluding hydrogens is 893 g/mol. The second-order valence-corrected chi connectivity index (χ2v) is 17.5. The van der Waals surface area contributed by atoms with Crippen LogP contribution in [0.2, 0.25) is 0 Å². The van der Waals surface area contributed by atoms with Crippen molar-refractivity contribution in [2.45, 2.75) is 83.1 Å². The fraction of sp³-hybridized carbons (Fsp3) is 0.164. The maximum Gasteiger partial charge on any atom is 0.126 e. The van der Waals surface area contributed by atoms with Crippen molar-refractivity contribution in [3.63, 3.8) is 0 Å². The first-order chi connectivity index (χ1) is 35.7. The molecule has 0 fully saturated rings. The fourth-order valence-electron chi connectivity index (χ4n) is 5.34. The van der Waals surface area contributed by atoms with Gasteiger partial charge >= 0.3 is 0 Å². The summed E-state index contributed by atoms with van der Waals surface area (Å²) < 4.78 is 0. The zero-order valence-electron chi connectivity index (χ0n) is 46.8. The summed E-state index contributed by atoms with van der Waals surface area (Å²) >= 11 is 0. The number of ketones is 1. The summed E-state index contributed by atoms with van der Waals surface area (Å²) in [5.74, 6) is 0.167. The summed E-state index contributed by atoms with van der Waals surface area (Å²) in [6.45, 7) is 23.9. The van der Waals surface area contributed by atoms with E-state index in [0.29, 0.717) is 0 Å². The van der Waals surface area contributed by atoms with Crippen molar-refractivity contribution in [3.8, 4) is 0 Å². The van der Waals surface area contributed by atoms with E-state index in [2.05, 4.69) is 191 Å². The summed E-state index contributed by atoms with van der Waals surface area (Å²) in [5.41, 5.74) is 13.2.